The first-order valence-electron chi connectivity index (χ1n) is 6.64. The normalized spacial score (nSPS) is 20.2. The topological polar surface area (TPSA) is 40.7 Å². The zero-order valence-corrected chi connectivity index (χ0v) is 11.5. The highest BCUT2D eigenvalue weighted by molar-refractivity contribution is 7.13. The second-order valence-corrected chi connectivity index (χ2v) is 5.94. The quantitative estimate of drug-likeness (QED) is 0.891. The van der Waals surface area contributed by atoms with Crippen LogP contribution in [-0.2, 0) is 6.42 Å². The van der Waals surface area contributed by atoms with Gasteiger partial charge in [-0.2, -0.15) is 0 Å². The van der Waals surface area contributed by atoms with Gasteiger partial charge >= 0.3 is 0 Å². The van der Waals surface area contributed by atoms with Gasteiger partial charge in [-0.3, -0.25) is 0 Å². The van der Waals surface area contributed by atoms with E-state index in [1.165, 1.54) is 29.7 Å². The lowest BCUT2D eigenvalue weighted by molar-refractivity contribution is 0.395. The first-order valence-corrected chi connectivity index (χ1v) is 7.52. The van der Waals surface area contributed by atoms with Gasteiger partial charge in [-0.05, 0) is 43.3 Å². The summed E-state index contributed by atoms with van der Waals surface area (Å²) in [5.74, 6) is 1.11. The van der Waals surface area contributed by atoms with Gasteiger partial charge in [0.05, 0.1) is 16.8 Å². The minimum atomic E-state index is 0.599. The highest BCUT2D eigenvalue weighted by atomic mass is 32.1. The molecular weight excluding hydrogens is 242 g/mol. The lowest BCUT2D eigenvalue weighted by atomic mass is 10.0. The molecule has 18 heavy (non-hydrogen) atoms. The number of rotatable bonds is 3. The van der Waals surface area contributed by atoms with Crippen LogP contribution in [0.15, 0.2) is 17.6 Å². The smallest absolute Gasteiger partial charge is 0.108 e. The van der Waals surface area contributed by atoms with Gasteiger partial charge in [-0.1, -0.05) is 6.42 Å². The summed E-state index contributed by atoms with van der Waals surface area (Å²) in [7, 11) is 0. The van der Waals surface area contributed by atoms with E-state index in [0.717, 1.165) is 24.5 Å². The van der Waals surface area contributed by atoms with Crippen molar-refractivity contribution in [2.45, 2.75) is 38.6 Å². The first kappa shape index (κ1) is 11.9. The third kappa shape index (κ3) is 2.49. The number of aryl methyl sites for hydroxylation is 1. The van der Waals surface area contributed by atoms with Gasteiger partial charge in [-0.25, -0.2) is 4.98 Å². The fourth-order valence-corrected chi connectivity index (χ4v) is 3.45. The van der Waals surface area contributed by atoms with Crippen molar-refractivity contribution in [3.8, 4) is 10.6 Å². The molecule has 96 valence electrons. The van der Waals surface area contributed by atoms with E-state index in [1.807, 2.05) is 6.20 Å². The van der Waals surface area contributed by atoms with Crippen molar-refractivity contribution in [3.05, 3.63) is 29.0 Å². The van der Waals surface area contributed by atoms with Crippen molar-refractivity contribution in [2.75, 3.05) is 6.54 Å². The molecule has 2 aromatic rings. The van der Waals surface area contributed by atoms with E-state index in [-0.39, 0.29) is 0 Å². The summed E-state index contributed by atoms with van der Waals surface area (Å²) >= 11 is 1.78. The van der Waals surface area contributed by atoms with Gasteiger partial charge in [0.25, 0.3) is 0 Å². The molecule has 0 radical (unpaired) electrons. The number of aromatic amines is 1. The zero-order chi connectivity index (χ0) is 12.4. The van der Waals surface area contributed by atoms with Crippen molar-refractivity contribution < 1.29 is 0 Å². The average molecular weight is 261 g/mol. The summed E-state index contributed by atoms with van der Waals surface area (Å²) in [6.45, 7) is 3.30. The molecule has 4 heteroatoms. The van der Waals surface area contributed by atoms with Crippen molar-refractivity contribution in [1.29, 1.82) is 0 Å². The van der Waals surface area contributed by atoms with Gasteiger partial charge in [0.2, 0.25) is 0 Å². The van der Waals surface area contributed by atoms with Crippen LogP contribution >= 0.6 is 11.3 Å². The Balaban J connectivity index is 1.71. The Morgan fingerprint density at radius 2 is 2.39 bits per heavy atom. The first-order chi connectivity index (χ1) is 8.83. The molecule has 2 N–H and O–H groups in total. The summed E-state index contributed by atoms with van der Waals surface area (Å²) in [5.41, 5.74) is 2.49. The van der Waals surface area contributed by atoms with Crippen LogP contribution < -0.4 is 5.32 Å². The second-order valence-electron chi connectivity index (χ2n) is 5.03. The maximum absolute atomic E-state index is 4.52. The minimum absolute atomic E-state index is 0.599. The molecule has 1 fully saturated rings. The Morgan fingerprint density at radius 1 is 1.44 bits per heavy atom. The van der Waals surface area contributed by atoms with Crippen LogP contribution in [0, 0.1) is 6.92 Å². The Labute approximate surface area is 112 Å². The molecule has 1 saturated heterocycles. The van der Waals surface area contributed by atoms with E-state index in [2.05, 4.69) is 33.7 Å². The molecule has 3 heterocycles. The van der Waals surface area contributed by atoms with Crippen LogP contribution in [0.5, 0.6) is 0 Å². The highest BCUT2D eigenvalue weighted by Crippen LogP contribution is 2.27. The van der Waals surface area contributed by atoms with Crippen LogP contribution in [0.1, 0.15) is 30.7 Å². The van der Waals surface area contributed by atoms with E-state index in [4.69, 9.17) is 0 Å². The number of hydrogen-bond acceptors (Lipinski definition) is 3. The van der Waals surface area contributed by atoms with Crippen LogP contribution in [-0.4, -0.2) is 22.6 Å². The largest absolute Gasteiger partial charge is 0.341 e. The Bertz CT molecular complexity index is 509. The van der Waals surface area contributed by atoms with Crippen LogP contribution in [0.4, 0.5) is 0 Å². The lowest BCUT2D eigenvalue weighted by Gasteiger charge is -2.22. The van der Waals surface area contributed by atoms with Gasteiger partial charge in [-0.15, -0.1) is 11.3 Å². The van der Waals surface area contributed by atoms with Crippen LogP contribution in [0.2, 0.25) is 0 Å². The predicted octanol–water partition coefficient (Wildman–Crippen LogP) is 3.13. The summed E-state index contributed by atoms with van der Waals surface area (Å²) < 4.78 is 0. The van der Waals surface area contributed by atoms with Crippen molar-refractivity contribution >= 4 is 11.3 Å². The molecule has 1 atom stereocenters. The average Bonchev–Trinajstić information content (AvgIpc) is 2.99. The number of thiophene rings is 1. The van der Waals surface area contributed by atoms with Crippen molar-refractivity contribution in [1.82, 2.24) is 15.3 Å². The number of H-pyrrole nitrogens is 1. The van der Waals surface area contributed by atoms with Gasteiger partial charge in [0, 0.05) is 12.5 Å². The fourth-order valence-electron chi connectivity index (χ4n) is 2.56. The molecule has 0 saturated carbocycles. The van der Waals surface area contributed by atoms with Crippen LogP contribution in [0.3, 0.4) is 0 Å². The molecule has 0 bridgehead atoms. The zero-order valence-electron chi connectivity index (χ0n) is 10.7. The third-order valence-electron chi connectivity index (χ3n) is 3.59. The highest BCUT2D eigenvalue weighted by Gasteiger charge is 2.15. The minimum Gasteiger partial charge on any atom is -0.341 e. The predicted molar refractivity (Wildman–Crippen MR) is 76.0 cm³/mol. The summed E-state index contributed by atoms with van der Waals surface area (Å²) in [4.78, 5) is 9.29. The fraction of sp³-hybridized carbons (Fsp3) is 0.500. The number of aromatic nitrogens is 2. The summed E-state index contributed by atoms with van der Waals surface area (Å²) in [5, 5.41) is 5.70. The number of hydrogen-bond donors (Lipinski definition) is 2. The standard InChI is InChI=1S/C14H19N3S/c1-10-5-7-18-14(10)12-9-16-13(17-12)8-11-4-2-3-6-15-11/h5,7,9,11,15H,2-4,6,8H2,1H3,(H,16,17). The Morgan fingerprint density at radius 3 is 3.11 bits per heavy atom. The molecule has 0 amide bonds. The third-order valence-corrected chi connectivity index (χ3v) is 4.64. The molecule has 1 aliphatic heterocycles. The summed E-state index contributed by atoms with van der Waals surface area (Å²) in [6.07, 6.45) is 6.92. The van der Waals surface area contributed by atoms with Gasteiger partial charge < -0.3 is 10.3 Å². The second kappa shape index (κ2) is 5.24. The number of nitrogens with zero attached hydrogens (tertiary/aromatic N) is 1. The Hall–Kier alpha value is -1.13. The van der Waals surface area contributed by atoms with E-state index in [9.17, 15) is 0 Å². The van der Waals surface area contributed by atoms with E-state index in [1.54, 1.807) is 11.3 Å². The van der Waals surface area contributed by atoms with Crippen molar-refractivity contribution in [3.63, 3.8) is 0 Å². The number of nitrogens with one attached hydrogen (secondary N) is 2. The van der Waals surface area contributed by atoms with Crippen LogP contribution in [0.25, 0.3) is 10.6 Å². The maximum Gasteiger partial charge on any atom is 0.108 e. The van der Waals surface area contributed by atoms with Gasteiger partial charge in [0.15, 0.2) is 0 Å². The maximum atomic E-state index is 4.52. The molecule has 1 unspecified atom stereocenters. The van der Waals surface area contributed by atoms with E-state index < -0.39 is 0 Å². The lowest BCUT2D eigenvalue weighted by Crippen LogP contribution is -2.35. The van der Waals surface area contributed by atoms with E-state index in [0.29, 0.717) is 6.04 Å². The monoisotopic (exact) mass is 261 g/mol. The molecule has 2 aromatic heterocycles. The van der Waals surface area contributed by atoms with Gasteiger partial charge in [0.1, 0.15) is 5.82 Å². The molecule has 0 aliphatic carbocycles. The summed E-state index contributed by atoms with van der Waals surface area (Å²) in [6, 6.07) is 2.76. The molecule has 3 rings (SSSR count). The number of imidazole rings is 1. The molecular formula is C14H19N3S. The Kier molecular flexibility index (Phi) is 3.48. The van der Waals surface area contributed by atoms with E-state index >= 15 is 0 Å². The molecule has 0 spiro atoms. The SMILES string of the molecule is Cc1ccsc1-c1cnc(CC2CCCCN2)[nH]1. The molecule has 3 nitrogen and oxygen atoms in total. The molecule has 0 aromatic carbocycles. The molecule has 1 aliphatic rings. The number of piperidine rings is 1. The van der Waals surface area contributed by atoms with Crippen molar-refractivity contribution in [2.24, 2.45) is 0 Å².